The van der Waals surface area contributed by atoms with E-state index in [0.717, 1.165) is 58.6 Å². The summed E-state index contributed by atoms with van der Waals surface area (Å²) in [6.45, 7) is 5.83. The van der Waals surface area contributed by atoms with Crippen molar-refractivity contribution in [3.05, 3.63) is 69.8 Å². The number of aryl methyl sites for hydroxylation is 1. The first-order chi connectivity index (χ1) is 14.6. The Balaban J connectivity index is 1.52. The first-order valence-corrected chi connectivity index (χ1v) is 11.3. The molecule has 0 spiro atoms. The lowest BCUT2D eigenvalue weighted by molar-refractivity contribution is 0.0945. The summed E-state index contributed by atoms with van der Waals surface area (Å²) in [4.78, 5) is 17.0. The van der Waals surface area contributed by atoms with Gasteiger partial charge in [0.25, 0.3) is 0 Å². The van der Waals surface area contributed by atoms with Crippen LogP contribution in [0.2, 0.25) is 0 Å². The van der Waals surface area contributed by atoms with Crippen molar-refractivity contribution >= 4 is 33.5 Å². The molecule has 1 aliphatic heterocycles. The summed E-state index contributed by atoms with van der Waals surface area (Å²) in [5, 5.41) is 4.22. The van der Waals surface area contributed by atoms with Gasteiger partial charge in [0, 0.05) is 29.5 Å². The van der Waals surface area contributed by atoms with E-state index in [0.29, 0.717) is 11.3 Å². The summed E-state index contributed by atoms with van der Waals surface area (Å²) in [5.41, 5.74) is 3.51. The zero-order valence-electron chi connectivity index (χ0n) is 17.2. The van der Waals surface area contributed by atoms with Crippen LogP contribution >= 0.6 is 11.8 Å². The van der Waals surface area contributed by atoms with E-state index < -0.39 is 0 Å². The summed E-state index contributed by atoms with van der Waals surface area (Å²) < 4.78 is 13.6. The molecule has 30 heavy (non-hydrogen) atoms. The number of aromatic nitrogens is 2. The Kier molecular flexibility index (Phi) is 5.13. The molecule has 1 fully saturated rings. The highest BCUT2D eigenvalue weighted by molar-refractivity contribution is 7.98. The first-order valence-electron chi connectivity index (χ1n) is 10.3. The molecular formula is C24H24N2O3S. The van der Waals surface area contributed by atoms with Gasteiger partial charge in [-0.1, -0.05) is 42.1 Å². The summed E-state index contributed by atoms with van der Waals surface area (Å²) in [7, 11) is 0. The number of hydrogen-bond donors (Lipinski definition) is 0. The Morgan fingerprint density at radius 2 is 2.07 bits per heavy atom. The number of thioether (sulfide) groups is 1. The van der Waals surface area contributed by atoms with Gasteiger partial charge in [0.1, 0.15) is 5.58 Å². The molecule has 3 heterocycles. The Hall–Kier alpha value is -2.57. The van der Waals surface area contributed by atoms with E-state index in [-0.39, 0.29) is 11.7 Å². The van der Waals surface area contributed by atoms with Crippen LogP contribution in [0.5, 0.6) is 0 Å². The molecule has 1 aliphatic rings. The molecule has 2 aromatic heterocycles. The minimum atomic E-state index is -0.316. The minimum Gasteiger partial charge on any atom is -0.423 e. The second kappa shape index (κ2) is 7.93. The highest BCUT2D eigenvalue weighted by Crippen LogP contribution is 2.32. The Morgan fingerprint density at radius 1 is 1.20 bits per heavy atom. The van der Waals surface area contributed by atoms with Crippen molar-refractivity contribution in [1.29, 1.82) is 0 Å². The Labute approximate surface area is 179 Å². The van der Waals surface area contributed by atoms with Gasteiger partial charge in [0.15, 0.2) is 5.16 Å². The normalized spacial score (nSPS) is 16.7. The maximum absolute atomic E-state index is 12.2. The fraction of sp³-hybridized carbons (Fsp3) is 0.333. The predicted molar refractivity (Wildman–Crippen MR) is 120 cm³/mol. The van der Waals surface area contributed by atoms with Crippen molar-refractivity contribution in [2.24, 2.45) is 0 Å². The fourth-order valence-corrected chi connectivity index (χ4v) is 5.30. The van der Waals surface area contributed by atoms with Gasteiger partial charge in [0.2, 0.25) is 0 Å². The molecule has 0 saturated carbocycles. The van der Waals surface area contributed by atoms with Gasteiger partial charge < -0.3 is 13.7 Å². The van der Waals surface area contributed by atoms with Crippen LogP contribution in [-0.2, 0) is 17.0 Å². The highest BCUT2D eigenvalue weighted by Gasteiger charge is 2.21. The lowest BCUT2D eigenvalue weighted by Crippen LogP contribution is -2.16. The molecule has 0 radical (unpaired) electrons. The molecule has 5 rings (SSSR count). The lowest BCUT2D eigenvalue weighted by Gasteiger charge is -2.15. The zero-order valence-corrected chi connectivity index (χ0v) is 18.0. The van der Waals surface area contributed by atoms with E-state index in [4.69, 9.17) is 14.1 Å². The molecule has 0 aliphatic carbocycles. The van der Waals surface area contributed by atoms with Crippen molar-refractivity contribution in [2.75, 3.05) is 6.61 Å². The Morgan fingerprint density at radius 3 is 2.90 bits per heavy atom. The molecule has 1 atom stereocenters. The molecule has 2 aromatic carbocycles. The van der Waals surface area contributed by atoms with Crippen molar-refractivity contribution in [1.82, 2.24) is 9.55 Å². The second-order valence-electron chi connectivity index (χ2n) is 7.85. The summed E-state index contributed by atoms with van der Waals surface area (Å²) in [6, 6.07) is 13.7. The summed E-state index contributed by atoms with van der Waals surface area (Å²) >= 11 is 1.67. The first kappa shape index (κ1) is 19.4. The maximum atomic E-state index is 12.2. The van der Waals surface area contributed by atoms with Crippen molar-refractivity contribution in [2.45, 2.75) is 50.2 Å². The Bertz CT molecular complexity index is 1290. The fourth-order valence-electron chi connectivity index (χ4n) is 4.22. The van der Waals surface area contributed by atoms with Crippen molar-refractivity contribution in [3.8, 4) is 0 Å². The molecule has 154 valence electrons. The topological polar surface area (TPSA) is 57.3 Å². The van der Waals surface area contributed by atoms with Gasteiger partial charge in [-0.2, -0.15) is 0 Å². The molecule has 0 unspecified atom stereocenters. The number of nitrogens with zero attached hydrogens (tertiary/aromatic N) is 2. The molecule has 0 amide bonds. The SMILES string of the molecule is Cc1nc(SCc2cc(=O)oc3ccc4ccccc4c23)n(C[C@@H]2CCCO2)c1C. The highest BCUT2D eigenvalue weighted by atomic mass is 32.2. The van der Waals surface area contributed by atoms with E-state index in [2.05, 4.69) is 23.6 Å². The van der Waals surface area contributed by atoms with Crippen molar-refractivity contribution < 1.29 is 9.15 Å². The molecule has 1 saturated heterocycles. The van der Waals surface area contributed by atoms with Crippen LogP contribution in [0.1, 0.15) is 29.8 Å². The molecule has 4 aromatic rings. The number of fused-ring (bicyclic) bond motifs is 3. The quantitative estimate of drug-likeness (QED) is 0.251. The van der Waals surface area contributed by atoms with Crippen LogP contribution in [0.3, 0.4) is 0 Å². The lowest BCUT2D eigenvalue weighted by atomic mass is 10.0. The van der Waals surface area contributed by atoms with E-state index >= 15 is 0 Å². The van der Waals surface area contributed by atoms with Crippen LogP contribution in [-0.4, -0.2) is 22.3 Å². The number of ether oxygens (including phenoxy) is 1. The van der Waals surface area contributed by atoms with Crippen LogP contribution in [0.25, 0.3) is 21.7 Å². The van der Waals surface area contributed by atoms with Crippen molar-refractivity contribution in [3.63, 3.8) is 0 Å². The smallest absolute Gasteiger partial charge is 0.336 e. The van der Waals surface area contributed by atoms with E-state index in [1.54, 1.807) is 17.8 Å². The van der Waals surface area contributed by atoms with Crippen LogP contribution in [0.15, 0.2) is 56.8 Å². The standard InChI is InChI=1S/C24H24N2O3S/c1-15-16(2)26(13-19-7-5-11-28-19)24(25-15)30-14-18-12-22(27)29-21-10-9-17-6-3-4-8-20(17)23(18)21/h3-4,6,8-10,12,19H,5,7,11,13-14H2,1-2H3/t19-/m0/s1. The third kappa shape index (κ3) is 3.55. The summed E-state index contributed by atoms with van der Waals surface area (Å²) in [6.07, 6.45) is 2.47. The van der Waals surface area contributed by atoms with E-state index in [9.17, 15) is 4.79 Å². The average Bonchev–Trinajstić information content (AvgIpc) is 3.35. The summed E-state index contributed by atoms with van der Waals surface area (Å²) in [5.74, 6) is 0.650. The molecular weight excluding hydrogens is 396 g/mol. The number of hydrogen-bond acceptors (Lipinski definition) is 5. The largest absolute Gasteiger partial charge is 0.423 e. The predicted octanol–water partition coefficient (Wildman–Crippen LogP) is 5.23. The van der Waals surface area contributed by atoms with E-state index in [1.165, 1.54) is 5.69 Å². The van der Waals surface area contributed by atoms with Crippen LogP contribution in [0, 0.1) is 13.8 Å². The van der Waals surface area contributed by atoms with Gasteiger partial charge in [-0.3, -0.25) is 0 Å². The molecule has 0 bridgehead atoms. The maximum Gasteiger partial charge on any atom is 0.336 e. The van der Waals surface area contributed by atoms with Gasteiger partial charge >= 0.3 is 5.63 Å². The molecule has 0 N–H and O–H groups in total. The number of rotatable bonds is 5. The second-order valence-corrected chi connectivity index (χ2v) is 8.79. The van der Waals surface area contributed by atoms with Gasteiger partial charge in [-0.05, 0) is 49.1 Å². The van der Waals surface area contributed by atoms with Gasteiger partial charge in [-0.15, -0.1) is 0 Å². The third-order valence-corrected chi connectivity index (χ3v) is 6.93. The van der Waals surface area contributed by atoms with Gasteiger partial charge in [0.05, 0.1) is 18.3 Å². The van der Waals surface area contributed by atoms with Crippen LogP contribution < -0.4 is 5.63 Å². The van der Waals surface area contributed by atoms with Gasteiger partial charge in [-0.25, -0.2) is 9.78 Å². The molecule has 6 heteroatoms. The average molecular weight is 421 g/mol. The third-order valence-electron chi connectivity index (χ3n) is 5.90. The number of imidazole rings is 1. The zero-order chi connectivity index (χ0) is 20.7. The van der Waals surface area contributed by atoms with E-state index in [1.807, 2.05) is 31.2 Å². The monoisotopic (exact) mass is 420 g/mol. The number of benzene rings is 2. The minimum absolute atomic E-state index is 0.255. The van der Waals surface area contributed by atoms with Crippen LogP contribution in [0.4, 0.5) is 0 Å². The molecule has 5 nitrogen and oxygen atoms in total.